The summed E-state index contributed by atoms with van der Waals surface area (Å²) in [6.07, 6.45) is 0.0426. The number of ether oxygens (including phenoxy) is 1. The van der Waals surface area contributed by atoms with Crippen molar-refractivity contribution in [2.75, 3.05) is 19.7 Å². The zero-order valence-electron chi connectivity index (χ0n) is 15.1. The first-order chi connectivity index (χ1) is 13.5. The molecule has 4 rings (SSSR count). The quantitative estimate of drug-likeness (QED) is 0.618. The van der Waals surface area contributed by atoms with E-state index in [9.17, 15) is 9.59 Å². The number of aromatic nitrogens is 2. The van der Waals surface area contributed by atoms with Gasteiger partial charge < -0.3 is 20.9 Å². The van der Waals surface area contributed by atoms with E-state index in [1.807, 2.05) is 36.4 Å². The number of nitrogens with one attached hydrogen (secondary N) is 1. The van der Waals surface area contributed by atoms with Gasteiger partial charge in [0, 0.05) is 18.5 Å². The van der Waals surface area contributed by atoms with Crippen LogP contribution in [-0.4, -0.2) is 46.5 Å². The molecule has 3 aromatic rings. The number of nitrogens with two attached hydrogens (primary N) is 1. The van der Waals surface area contributed by atoms with Crippen molar-refractivity contribution in [3.05, 3.63) is 53.7 Å². The van der Waals surface area contributed by atoms with Crippen LogP contribution in [0.4, 0.5) is 0 Å². The van der Waals surface area contributed by atoms with Crippen molar-refractivity contribution in [2.24, 2.45) is 5.73 Å². The summed E-state index contributed by atoms with van der Waals surface area (Å²) in [4.78, 5) is 22.8. The molecule has 1 aliphatic heterocycles. The lowest BCUT2D eigenvalue weighted by Crippen LogP contribution is -2.33. The molecule has 1 amide bonds. The first kappa shape index (κ1) is 18.1. The summed E-state index contributed by atoms with van der Waals surface area (Å²) in [7, 11) is 0. The summed E-state index contributed by atoms with van der Waals surface area (Å²) in [5.41, 5.74) is 9.01. The van der Waals surface area contributed by atoms with Gasteiger partial charge in [-0.05, 0) is 28.8 Å². The molecule has 1 fully saturated rings. The Balaban J connectivity index is 1.70. The Morgan fingerprint density at radius 3 is 2.61 bits per heavy atom. The number of carboxylic acids is 1. The fraction of sp³-hybridized carbons (Fsp3) is 0.250. The molecule has 0 aliphatic carbocycles. The van der Waals surface area contributed by atoms with E-state index in [1.165, 1.54) is 4.68 Å². The number of carboxylic acid groups (broad SMARTS) is 1. The van der Waals surface area contributed by atoms with Crippen molar-refractivity contribution >= 4 is 22.8 Å². The number of aliphatic carboxylic acids is 1. The monoisotopic (exact) mass is 380 g/mol. The number of hydrogen-bond donors (Lipinski definition) is 3. The van der Waals surface area contributed by atoms with E-state index >= 15 is 0 Å². The minimum absolute atomic E-state index is 0.0426. The molecule has 2 aromatic carbocycles. The summed E-state index contributed by atoms with van der Waals surface area (Å²) in [5, 5.41) is 17.0. The van der Waals surface area contributed by atoms with Crippen molar-refractivity contribution in [2.45, 2.75) is 12.6 Å². The van der Waals surface area contributed by atoms with Gasteiger partial charge in [-0.1, -0.05) is 30.3 Å². The number of carbonyl (C=O) groups is 2. The van der Waals surface area contributed by atoms with Crippen LogP contribution in [0.5, 0.6) is 0 Å². The minimum atomic E-state index is -1.04. The van der Waals surface area contributed by atoms with E-state index in [2.05, 4.69) is 10.4 Å². The van der Waals surface area contributed by atoms with Crippen molar-refractivity contribution in [1.82, 2.24) is 15.1 Å². The zero-order valence-corrected chi connectivity index (χ0v) is 15.1. The lowest BCUT2D eigenvalue weighted by molar-refractivity contribution is -0.137. The summed E-state index contributed by atoms with van der Waals surface area (Å²) in [6.45, 7) is 2.01. The van der Waals surface area contributed by atoms with Crippen LogP contribution in [0.2, 0.25) is 0 Å². The number of carbonyl (C=O) groups excluding carboxylic acids is 1. The molecule has 28 heavy (non-hydrogen) atoms. The molecule has 0 saturated carbocycles. The molecule has 144 valence electrons. The Labute approximate surface area is 160 Å². The number of benzene rings is 2. The van der Waals surface area contributed by atoms with Crippen LogP contribution >= 0.6 is 0 Å². The molecule has 2 heterocycles. The largest absolute Gasteiger partial charge is 0.480 e. The number of morpholine rings is 1. The maximum absolute atomic E-state index is 11.8. The Kier molecular flexibility index (Phi) is 4.81. The van der Waals surface area contributed by atoms with Gasteiger partial charge in [0.25, 0.3) is 5.91 Å². The number of hydrogen-bond acceptors (Lipinski definition) is 5. The molecule has 1 aromatic heterocycles. The zero-order chi connectivity index (χ0) is 19.7. The van der Waals surface area contributed by atoms with Gasteiger partial charge in [0.15, 0.2) is 5.69 Å². The molecular weight excluding hydrogens is 360 g/mol. The van der Waals surface area contributed by atoms with Gasteiger partial charge in [0.2, 0.25) is 0 Å². The van der Waals surface area contributed by atoms with Crippen LogP contribution < -0.4 is 11.1 Å². The molecule has 1 aliphatic rings. The van der Waals surface area contributed by atoms with Gasteiger partial charge >= 0.3 is 5.97 Å². The van der Waals surface area contributed by atoms with Crippen molar-refractivity contribution in [3.8, 4) is 11.1 Å². The lowest BCUT2D eigenvalue weighted by atomic mass is 10.00. The molecule has 1 unspecified atom stereocenters. The van der Waals surface area contributed by atoms with Crippen LogP contribution in [-0.2, 0) is 16.1 Å². The molecule has 8 nitrogen and oxygen atoms in total. The molecule has 0 bridgehead atoms. The van der Waals surface area contributed by atoms with Gasteiger partial charge in [0.05, 0.1) is 18.2 Å². The third kappa shape index (κ3) is 3.47. The molecule has 8 heteroatoms. The number of fused-ring (bicyclic) bond motifs is 1. The van der Waals surface area contributed by atoms with E-state index in [0.717, 1.165) is 29.8 Å². The van der Waals surface area contributed by atoms with Crippen molar-refractivity contribution in [1.29, 1.82) is 0 Å². The topological polar surface area (TPSA) is 119 Å². The predicted molar refractivity (Wildman–Crippen MR) is 103 cm³/mol. The number of rotatable bonds is 5. The summed E-state index contributed by atoms with van der Waals surface area (Å²) < 4.78 is 7.05. The second-order valence-corrected chi connectivity index (χ2v) is 6.68. The Bertz CT molecular complexity index is 1040. The van der Waals surface area contributed by atoms with Crippen molar-refractivity contribution < 1.29 is 19.4 Å². The predicted octanol–water partition coefficient (Wildman–Crippen LogP) is 1.55. The van der Waals surface area contributed by atoms with Crippen LogP contribution in [0.3, 0.4) is 0 Å². The fourth-order valence-electron chi connectivity index (χ4n) is 3.46. The SMILES string of the molecule is NC(=O)c1nn(CC(=O)O)c2ccc(-c3ccc(C4CNCCO4)cc3)cc12. The second kappa shape index (κ2) is 7.41. The van der Waals surface area contributed by atoms with Crippen LogP contribution in [0.25, 0.3) is 22.0 Å². The summed E-state index contributed by atoms with van der Waals surface area (Å²) in [5.74, 6) is -1.73. The van der Waals surface area contributed by atoms with Gasteiger partial charge in [-0.3, -0.25) is 14.3 Å². The highest BCUT2D eigenvalue weighted by Crippen LogP contribution is 2.28. The van der Waals surface area contributed by atoms with E-state index in [1.54, 1.807) is 6.07 Å². The second-order valence-electron chi connectivity index (χ2n) is 6.68. The highest BCUT2D eigenvalue weighted by atomic mass is 16.5. The molecule has 0 radical (unpaired) electrons. The van der Waals surface area contributed by atoms with E-state index in [4.69, 9.17) is 15.6 Å². The smallest absolute Gasteiger partial charge is 0.325 e. The molecule has 0 spiro atoms. The fourth-order valence-corrected chi connectivity index (χ4v) is 3.46. The maximum Gasteiger partial charge on any atom is 0.325 e. The Hall–Kier alpha value is -3.23. The average molecular weight is 380 g/mol. The van der Waals surface area contributed by atoms with Gasteiger partial charge in [0.1, 0.15) is 6.54 Å². The Morgan fingerprint density at radius 1 is 1.21 bits per heavy atom. The Morgan fingerprint density at radius 2 is 1.96 bits per heavy atom. The third-order valence-corrected chi connectivity index (χ3v) is 4.81. The first-order valence-corrected chi connectivity index (χ1v) is 8.98. The molecular formula is C20H20N4O4. The van der Waals surface area contributed by atoms with Gasteiger partial charge in [-0.2, -0.15) is 5.10 Å². The third-order valence-electron chi connectivity index (χ3n) is 4.81. The number of primary amides is 1. The highest BCUT2D eigenvalue weighted by Gasteiger charge is 2.18. The molecule has 4 N–H and O–H groups in total. The van der Waals surface area contributed by atoms with Crippen molar-refractivity contribution in [3.63, 3.8) is 0 Å². The van der Waals surface area contributed by atoms with Gasteiger partial charge in [-0.25, -0.2) is 0 Å². The van der Waals surface area contributed by atoms with Gasteiger partial charge in [-0.15, -0.1) is 0 Å². The molecule has 1 atom stereocenters. The molecule has 1 saturated heterocycles. The number of nitrogens with zero attached hydrogens (tertiary/aromatic N) is 2. The van der Waals surface area contributed by atoms with E-state index in [-0.39, 0.29) is 18.3 Å². The van der Waals surface area contributed by atoms with E-state index in [0.29, 0.717) is 17.5 Å². The standard InChI is InChI=1S/C20H20N4O4/c21-20(27)19-15-9-14(5-6-16(15)24(23-19)11-18(25)26)12-1-3-13(4-2-12)17-10-22-7-8-28-17/h1-6,9,17,22H,7-8,10-11H2,(H2,21,27)(H,25,26). The first-order valence-electron chi connectivity index (χ1n) is 8.98. The minimum Gasteiger partial charge on any atom is -0.480 e. The average Bonchev–Trinajstić information content (AvgIpc) is 3.06. The summed E-state index contributed by atoms with van der Waals surface area (Å²) >= 11 is 0. The lowest BCUT2D eigenvalue weighted by Gasteiger charge is -2.24. The van der Waals surface area contributed by atoms with Crippen LogP contribution in [0.15, 0.2) is 42.5 Å². The number of amides is 1. The van der Waals surface area contributed by atoms with Crippen LogP contribution in [0.1, 0.15) is 22.2 Å². The van der Waals surface area contributed by atoms with E-state index < -0.39 is 11.9 Å². The normalized spacial score (nSPS) is 16.9. The van der Waals surface area contributed by atoms with Crippen LogP contribution in [0, 0.1) is 0 Å². The maximum atomic E-state index is 11.8. The highest BCUT2D eigenvalue weighted by molar-refractivity contribution is 6.05. The summed E-state index contributed by atoms with van der Waals surface area (Å²) in [6, 6.07) is 13.5.